The molecule has 1 saturated carbocycles. The second-order valence-electron chi connectivity index (χ2n) is 4.98. The Balaban J connectivity index is 2.22. The Hall–Kier alpha value is -0.600. The van der Waals surface area contributed by atoms with Gasteiger partial charge >= 0.3 is 0 Å². The van der Waals surface area contributed by atoms with Crippen LogP contribution in [0.5, 0.6) is 0 Å². The number of hydrogen-bond donors (Lipinski definition) is 1. The van der Waals surface area contributed by atoms with Crippen molar-refractivity contribution in [3.63, 3.8) is 0 Å². The average molecular weight is 243 g/mol. The highest BCUT2D eigenvalue weighted by molar-refractivity contribution is 6.30. The molecule has 16 heavy (non-hydrogen) atoms. The lowest BCUT2D eigenvalue weighted by Crippen LogP contribution is -2.27. The first kappa shape index (κ1) is 11.9. The van der Waals surface area contributed by atoms with Gasteiger partial charge in [-0.05, 0) is 42.2 Å². The van der Waals surface area contributed by atoms with Crippen LogP contribution < -0.4 is 0 Å². The van der Waals surface area contributed by atoms with Crippen LogP contribution in [0.2, 0.25) is 5.02 Å². The second-order valence-corrected chi connectivity index (χ2v) is 5.38. The molecule has 0 saturated heterocycles. The second kappa shape index (κ2) is 4.34. The highest BCUT2D eigenvalue weighted by atomic mass is 35.5. The fourth-order valence-corrected chi connectivity index (χ4v) is 2.42. The molecule has 1 aliphatic carbocycles. The highest BCUT2D eigenvalue weighted by Gasteiger charge is 2.41. The van der Waals surface area contributed by atoms with Crippen molar-refractivity contribution in [2.45, 2.75) is 26.2 Å². The third kappa shape index (κ3) is 2.23. The van der Waals surface area contributed by atoms with Gasteiger partial charge < -0.3 is 5.11 Å². The van der Waals surface area contributed by atoms with Crippen LogP contribution >= 0.6 is 11.6 Å². The lowest BCUT2D eigenvalue weighted by atomic mass is 9.79. The molecule has 88 valence electrons. The van der Waals surface area contributed by atoms with E-state index in [1.807, 2.05) is 6.92 Å². The van der Waals surface area contributed by atoms with Gasteiger partial charge in [0.15, 0.2) is 0 Å². The SMILES string of the molecule is CC(CO)(Cc1cccc(Cl)c1F)C1CC1. The smallest absolute Gasteiger partial charge is 0.144 e. The van der Waals surface area contributed by atoms with E-state index in [4.69, 9.17) is 11.6 Å². The Kier molecular flexibility index (Phi) is 3.22. The summed E-state index contributed by atoms with van der Waals surface area (Å²) in [7, 11) is 0. The van der Waals surface area contributed by atoms with E-state index >= 15 is 0 Å². The maximum atomic E-state index is 13.7. The lowest BCUT2D eigenvalue weighted by molar-refractivity contribution is 0.118. The number of aliphatic hydroxyl groups excluding tert-OH is 1. The van der Waals surface area contributed by atoms with Crippen LogP contribution in [-0.2, 0) is 6.42 Å². The number of benzene rings is 1. The van der Waals surface area contributed by atoms with Gasteiger partial charge in [0.1, 0.15) is 5.82 Å². The minimum absolute atomic E-state index is 0.101. The van der Waals surface area contributed by atoms with Gasteiger partial charge in [0, 0.05) is 6.61 Å². The highest BCUT2D eigenvalue weighted by Crippen LogP contribution is 2.47. The largest absolute Gasteiger partial charge is 0.396 e. The minimum atomic E-state index is -0.343. The molecular weight excluding hydrogens is 227 g/mol. The first-order chi connectivity index (χ1) is 7.57. The first-order valence-corrected chi connectivity index (χ1v) is 5.98. The number of aliphatic hydroxyl groups is 1. The summed E-state index contributed by atoms with van der Waals surface area (Å²) in [5, 5.41) is 9.62. The van der Waals surface area contributed by atoms with Gasteiger partial charge in [-0.2, -0.15) is 0 Å². The summed E-state index contributed by atoms with van der Waals surface area (Å²) >= 11 is 5.74. The summed E-state index contributed by atoms with van der Waals surface area (Å²) in [6, 6.07) is 5.05. The molecule has 0 amide bonds. The topological polar surface area (TPSA) is 20.2 Å². The molecule has 0 aliphatic heterocycles. The van der Waals surface area contributed by atoms with Crippen LogP contribution in [0.1, 0.15) is 25.3 Å². The van der Waals surface area contributed by atoms with E-state index in [1.165, 1.54) is 0 Å². The molecule has 0 radical (unpaired) electrons. The Morgan fingerprint density at radius 1 is 1.50 bits per heavy atom. The van der Waals surface area contributed by atoms with Crippen LogP contribution in [0.15, 0.2) is 18.2 Å². The van der Waals surface area contributed by atoms with E-state index in [9.17, 15) is 9.50 Å². The predicted octanol–water partition coefficient (Wildman–Crippen LogP) is 3.43. The zero-order valence-corrected chi connectivity index (χ0v) is 10.1. The van der Waals surface area contributed by atoms with Crippen molar-refractivity contribution in [2.24, 2.45) is 11.3 Å². The van der Waals surface area contributed by atoms with Crippen LogP contribution in [0.4, 0.5) is 4.39 Å². The van der Waals surface area contributed by atoms with E-state index in [2.05, 4.69) is 0 Å². The molecule has 1 aromatic carbocycles. The monoisotopic (exact) mass is 242 g/mol. The molecule has 1 unspecified atom stereocenters. The summed E-state index contributed by atoms with van der Waals surface area (Å²) in [5.74, 6) is 0.181. The van der Waals surface area contributed by atoms with Gasteiger partial charge in [-0.25, -0.2) is 4.39 Å². The Morgan fingerprint density at radius 2 is 2.19 bits per heavy atom. The maximum Gasteiger partial charge on any atom is 0.144 e. The van der Waals surface area contributed by atoms with Crippen LogP contribution in [0.3, 0.4) is 0 Å². The van der Waals surface area contributed by atoms with Gasteiger partial charge in [-0.1, -0.05) is 30.7 Å². The maximum absolute atomic E-state index is 13.7. The molecule has 1 aliphatic rings. The Morgan fingerprint density at radius 3 is 2.75 bits per heavy atom. The van der Waals surface area contributed by atoms with E-state index in [1.54, 1.807) is 18.2 Å². The first-order valence-electron chi connectivity index (χ1n) is 5.60. The summed E-state index contributed by atoms with van der Waals surface area (Å²) in [4.78, 5) is 0. The standard InChI is InChI=1S/C13H16ClFO/c1-13(8-16,10-5-6-10)7-9-3-2-4-11(14)12(9)15/h2-4,10,16H,5-8H2,1H3. The fraction of sp³-hybridized carbons (Fsp3) is 0.538. The lowest BCUT2D eigenvalue weighted by Gasteiger charge is -2.27. The van der Waals surface area contributed by atoms with Crippen molar-refractivity contribution in [3.05, 3.63) is 34.6 Å². The summed E-state index contributed by atoms with van der Waals surface area (Å²) in [6.07, 6.45) is 2.83. The summed E-state index contributed by atoms with van der Waals surface area (Å²) in [6.45, 7) is 2.12. The van der Waals surface area contributed by atoms with Gasteiger partial charge in [0.25, 0.3) is 0 Å². The normalized spacial score (nSPS) is 19.5. The quantitative estimate of drug-likeness (QED) is 0.858. The van der Waals surface area contributed by atoms with Crippen molar-refractivity contribution < 1.29 is 9.50 Å². The van der Waals surface area contributed by atoms with Crippen molar-refractivity contribution >= 4 is 11.6 Å². The third-order valence-electron chi connectivity index (χ3n) is 3.55. The van der Waals surface area contributed by atoms with Gasteiger partial charge in [-0.3, -0.25) is 0 Å². The van der Waals surface area contributed by atoms with E-state index in [-0.39, 0.29) is 22.9 Å². The van der Waals surface area contributed by atoms with E-state index in [0.29, 0.717) is 17.9 Å². The zero-order valence-electron chi connectivity index (χ0n) is 9.34. The van der Waals surface area contributed by atoms with Crippen LogP contribution in [-0.4, -0.2) is 11.7 Å². The van der Waals surface area contributed by atoms with Gasteiger partial charge in [0.05, 0.1) is 5.02 Å². The van der Waals surface area contributed by atoms with Crippen molar-refractivity contribution in [1.82, 2.24) is 0 Å². The van der Waals surface area contributed by atoms with Crippen molar-refractivity contribution in [3.8, 4) is 0 Å². The zero-order chi connectivity index (χ0) is 11.8. The molecule has 0 heterocycles. The minimum Gasteiger partial charge on any atom is -0.396 e. The number of rotatable bonds is 4. The molecule has 1 fully saturated rings. The molecule has 1 atom stereocenters. The number of hydrogen-bond acceptors (Lipinski definition) is 1. The Labute approximate surface area is 100 Å². The van der Waals surface area contributed by atoms with Crippen molar-refractivity contribution in [2.75, 3.05) is 6.61 Å². The van der Waals surface area contributed by atoms with E-state index in [0.717, 1.165) is 12.8 Å². The molecule has 1 aromatic rings. The summed E-state index contributed by atoms with van der Waals surface area (Å²) < 4.78 is 13.7. The molecular formula is C13H16ClFO. The third-order valence-corrected chi connectivity index (χ3v) is 3.84. The molecule has 3 heteroatoms. The molecule has 1 nitrogen and oxygen atoms in total. The molecule has 1 N–H and O–H groups in total. The molecule has 0 bridgehead atoms. The summed E-state index contributed by atoms with van der Waals surface area (Å²) in [5.41, 5.74) is 0.405. The van der Waals surface area contributed by atoms with Gasteiger partial charge in [-0.15, -0.1) is 0 Å². The van der Waals surface area contributed by atoms with Crippen LogP contribution in [0, 0.1) is 17.2 Å². The van der Waals surface area contributed by atoms with E-state index < -0.39 is 0 Å². The Bertz CT molecular complexity index is 390. The molecule has 0 aromatic heterocycles. The van der Waals surface area contributed by atoms with Crippen LogP contribution in [0.25, 0.3) is 0 Å². The molecule has 2 rings (SSSR count). The fourth-order valence-electron chi connectivity index (χ4n) is 2.23. The molecule has 0 spiro atoms. The number of halogens is 2. The van der Waals surface area contributed by atoms with Gasteiger partial charge in [0.2, 0.25) is 0 Å². The average Bonchev–Trinajstić information content (AvgIpc) is 3.08. The van der Waals surface area contributed by atoms with Crippen molar-refractivity contribution in [1.29, 1.82) is 0 Å². The predicted molar refractivity (Wildman–Crippen MR) is 63.0 cm³/mol.